The van der Waals surface area contributed by atoms with Gasteiger partial charge in [0, 0.05) is 5.25 Å². The van der Waals surface area contributed by atoms with Gasteiger partial charge in [0.15, 0.2) is 0 Å². The van der Waals surface area contributed by atoms with E-state index in [2.05, 4.69) is 11.8 Å². The van der Waals surface area contributed by atoms with Crippen molar-refractivity contribution in [2.75, 3.05) is 12.3 Å². The monoisotopic (exact) mass is 267 g/mol. The first kappa shape index (κ1) is 13.3. The zero-order valence-corrected chi connectivity index (χ0v) is 12.5. The first-order chi connectivity index (χ1) is 8.80. The molecule has 3 saturated carbocycles. The highest BCUT2D eigenvalue weighted by atomic mass is 32.2. The van der Waals surface area contributed by atoms with Crippen molar-refractivity contribution < 1.29 is 0 Å². The average molecular weight is 267 g/mol. The molecular formula is C16H29NS. The van der Waals surface area contributed by atoms with Crippen molar-refractivity contribution in [2.45, 2.75) is 69.5 Å². The van der Waals surface area contributed by atoms with Crippen molar-refractivity contribution >= 4 is 11.8 Å². The predicted molar refractivity (Wildman–Crippen MR) is 80.9 cm³/mol. The molecule has 3 fully saturated rings. The minimum atomic E-state index is 0.659. The van der Waals surface area contributed by atoms with Gasteiger partial charge in [-0.05, 0) is 80.9 Å². The second-order valence-corrected chi connectivity index (χ2v) is 8.50. The van der Waals surface area contributed by atoms with E-state index in [4.69, 9.17) is 5.73 Å². The summed E-state index contributed by atoms with van der Waals surface area (Å²) in [4.78, 5) is 0. The Balaban J connectivity index is 1.45. The molecule has 18 heavy (non-hydrogen) atoms. The van der Waals surface area contributed by atoms with Gasteiger partial charge in [-0.2, -0.15) is 11.8 Å². The van der Waals surface area contributed by atoms with Crippen LogP contribution in [0.3, 0.4) is 0 Å². The summed E-state index contributed by atoms with van der Waals surface area (Å²) in [6.45, 7) is 0.909. The second kappa shape index (κ2) is 5.75. The number of hydrogen-bond donors (Lipinski definition) is 1. The van der Waals surface area contributed by atoms with Crippen LogP contribution in [0.1, 0.15) is 64.2 Å². The highest BCUT2D eigenvalue weighted by molar-refractivity contribution is 7.99. The molecular weight excluding hydrogens is 238 g/mol. The Bertz CT molecular complexity index is 262. The molecule has 0 heterocycles. The van der Waals surface area contributed by atoms with Crippen LogP contribution in [-0.4, -0.2) is 17.5 Å². The van der Waals surface area contributed by atoms with E-state index < -0.39 is 0 Å². The van der Waals surface area contributed by atoms with Gasteiger partial charge in [-0.15, -0.1) is 0 Å². The van der Waals surface area contributed by atoms with Crippen LogP contribution in [0.15, 0.2) is 0 Å². The zero-order chi connectivity index (χ0) is 12.4. The van der Waals surface area contributed by atoms with Crippen LogP contribution in [0.25, 0.3) is 0 Å². The molecule has 0 saturated heterocycles. The van der Waals surface area contributed by atoms with Gasteiger partial charge >= 0.3 is 0 Å². The van der Waals surface area contributed by atoms with Gasteiger partial charge in [0.2, 0.25) is 0 Å². The van der Waals surface area contributed by atoms with Crippen molar-refractivity contribution in [1.82, 2.24) is 0 Å². The van der Waals surface area contributed by atoms with Crippen LogP contribution < -0.4 is 5.73 Å². The van der Waals surface area contributed by atoms with Crippen molar-refractivity contribution in [2.24, 2.45) is 23.0 Å². The first-order valence-electron chi connectivity index (χ1n) is 8.11. The maximum atomic E-state index is 5.88. The molecule has 2 N–H and O–H groups in total. The van der Waals surface area contributed by atoms with Crippen LogP contribution in [0, 0.1) is 17.3 Å². The van der Waals surface area contributed by atoms with Gasteiger partial charge in [0.05, 0.1) is 0 Å². The molecule has 0 aliphatic heterocycles. The molecule has 0 aromatic rings. The molecule has 1 nitrogen and oxygen atoms in total. The lowest BCUT2D eigenvalue weighted by atomic mass is 9.68. The van der Waals surface area contributed by atoms with Gasteiger partial charge in [0.25, 0.3) is 0 Å². The molecule has 3 rings (SSSR count). The van der Waals surface area contributed by atoms with Gasteiger partial charge in [-0.1, -0.05) is 12.8 Å². The standard InChI is InChI=1S/C16H29NS/c17-10-9-16(11-13-1-2-13)7-5-15(6-8-16)18-12-14-3-4-14/h13-15H,1-12,17H2. The highest BCUT2D eigenvalue weighted by Crippen LogP contribution is 2.51. The summed E-state index contributed by atoms with van der Waals surface area (Å²) in [6, 6.07) is 0. The Morgan fingerprint density at radius 1 is 0.944 bits per heavy atom. The lowest BCUT2D eigenvalue weighted by molar-refractivity contribution is 0.154. The van der Waals surface area contributed by atoms with Gasteiger partial charge in [-0.3, -0.25) is 0 Å². The summed E-state index contributed by atoms with van der Waals surface area (Å²) in [6.07, 6.45) is 14.7. The Kier molecular flexibility index (Phi) is 4.25. The van der Waals surface area contributed by atoms with Crippen LogP contribution in [0.5, 0.6) is 0 Å². The smallest absolute Gasteiger partial charge is 0.00475 e. The van der Waals surface area contributed by atoms with E-state index in [0.717, 1.165) is 23.6 Å². The van der Waals surface area contributed by atoms with Crippen LogP contribution in [0.4, 0.5) is 0 Å². The van der Waals surface area contributed by atoms with E-state index >= 15 is 0 Å². The van der Waals surface area contributed by atoms with E-state index in [1.807, 2.05) is 0 Å². The quantitative estimate of drug-likeness (QED) is 0.748. The molecule has 3 aliphatic rings. The summed E-state index contributed by atoms with van der Waals surface area (Å²) in [5, 5.41) is 0.982. The number of nitrogens with two attached hydrogens (primary N) is 1. The molecule has 0 bridgehead atoms. The lowest BCUT2D eigenvalue weighted by Gasteiger charge is -2.40. The lowest BCUT2D eigenvalue weighted by Crippen LogP contribution is -2.31. The Labute approximate surface area is 117 Å². The largest absolute Gasteiger partial charge is 0.330 e. The molecule has 0 radical (unpaired) electrons. The number of hydrogen-bond acceptors (Lipinski definition) is 2. The van der Waals surface area contributed by atoms with E-state index in [1.54, 1.807) is 0 Å². The molecule has 0 aromatic heterocycles. The van der Waals surface area contributed by atoms with E-state index in [9.17, 15) is 0 Å². The topological polar surface area (TPSA) is 26.0 Å². The maximum absolute atomic E-state index is 5.88. The summed E-state index contributed by atoms with van der Waals surface area (Å²) < 4.78 is 0. The minimum absolute atomic E-state index is 0.659. The van der Waals surface area contributed by atoms with Crippen molar-refractivity contribution in [1.29, 1.82) is 0 Å². The number of thioether (sulfide) groups is 1. The van der Waals surface area contributed by atoms with Crippen molar-refractivity contribution in [3.05, 3.63) is 0 Å². The van der Waals surface area contributed by atoms with Crippen LogP contribution >= 0.6 is 11.8 Å². The SMILES string of the molecule is NCCC1(CC2CC2)CCC(SCC2CC2)CC1. The van der Waals surface area contributed by atoms with E-state index in [0.29, 0.717) is 5.41 Å². The third kappa shape index (κ3) is 3.66. The zero-order valence-electron chi connectivity index (χ0n) is 11.7. The second-order valence-electron chi connectivity index (χ2n) is 7.16. The summed E-state index contributed by atoms with van der Waals surface area (Å²) in [5.41, 5.74) is 6.54. The third-order valence-electron chi connectivity index (χ3n) is 5.35. The first-order valence-corrected chi connectivity index (χ1v) is 9.16. The molecule has 0 amide bonds. The average Bonchev–Trinajstić information content (AvgIpc) is 3.24. The highest BCUT2D eigenvalue weighted by Gasteiger charge is 2.39. The molecule has 3 aliphatic carbocycles. The van der Waals surface area contributed by atoms with E-state index in [1.165, 1.54) is 70.0 Å². The fourth-order valence-corrected chi connectivity index (χ4v) is 5.17. The van der Waals surface area contributed by atoms with Crippen LogP contribution in [0.2, 0.25) is 0 Å². The summed E-state index contributed by atoms with van der Waals surface area (Å²) in [7, 11) is 0. The van der Waals surface area contributed by atoms with Gasteiger partial charge in [0.1, 0.15) is 0 Å². The Hall–Kier alpha value is 0.310. The van der Waals surface area contributed by atoms with E-state index in [-0.39, 0.29) is 0 Å². The molecule has 0 atom stereocenters. The molecule has 2 heteroatoms. The molecule has 0 unspecified atom stereocenters. The Morgan fingerprint density at radius 2 is 1.61 bits per heavy atom. The maximum Gasteiger partial charge on any atom is 0.00475 e. The predicted octanol–water partition coefficient (Wildman–Crippen LogP) is 4.21. The van der Waals surface area contributed by atoms with Gasteiger partial charge in [-0.25, -0.2) is 0 Å². The fourth-order valence-electron chi connectivity index (χ4n) is 3.72. The van der Waals surface area contributed by atoms with Crippen molar-refractivity contribution in [3.63, 3.8) is 0 Å². The van der Waals surface area contributed by atoms with Crippen molar-refractivity contribution in [3.8, 4) is 0 Å². The third-order valence-corrected chi connectivity index (χ3v) is 6.96. The summed E-state index contributed by atoms with van der Waals surface area (Å²) >= 11 is 2.29. The van der Waals surface area contributed by atoms with Gasteiger partial charge < -0.3 is 5.73 Å². The van der Waals surface area contributed by atoms with Crippen LogP contribution in [-0.2, 0) is 0 Å². The summed E-state index contributed by atoms with van der Waals surface area (Å²) in [5.74, 6) is 3.63. The number of rotatable bonds is 7. The Morgan fingerprint density at radius 3 is 2.17 bits per heavy atom. The fraction of sp³-hybridized carbons (Fsp3) is 1.00. The molecule has 0 spiro atoms. The minimum Gasteiger partial charge on any atom is -0.330 e. The molecule has 104 valence electrons. The normalized spacial score (nSPS) is 36.8. The molecule has 0 aromatic carbocycles.